The Kier molecular flexibility index (Phi) is 5.20. The second-order valence-corrected chi connectivity index (χ2v) is 6.26. The molecule has 24 heavy (non-hydrogen) atoms. The van der Waals surface area contributed by atoms with Gasteiger partial charge in [0, 0.05) is 63.0 Å². The topological polar surface area (TPSA) is 75.4 Å². The minimum Gasteiger partial charge on any atom is -0.340 e. The van der Waals surface area contributed by atoms with Crippen molar-refractivity contribution in [1.29, 1.82) is 0 Å². The van der Waals surface area contributed by atoms with Gasteiger partial charge in [-0.1, -0.05) is 5.16 Å². The average molecular weight is 329 g/mol. The number of aryl methyl sites for hydroxylation is 1. The molecule has 2 aromatic heterocycles. The quantitative estimate of drug-likeness (QED) is 0.830. The molecule has 0 atom stereocenters. The van der Waals surface area contributed by atoms with Crippen LogP contribution in [0.4, 0.5) is 0 Å². The molecule has 2 aromatic rings. The van der Waals surface area contributed by atoms with Gasteiger partial charge in [-0.05, 0) is 26.0 Å². The van der Waals surface area contributed by atoms with Gasteiger partial charge >= 0.3 is 0 Å². The predicted octanol–water partition coefficient (Wildman–Crippen LogP) is 1.62. The van der Waals surface area contributed by atoms with Crippen LogP contribution in [-0.2, 0) is 11.2 Å². The maximum Gasteiger partial charge on any atom is 0.227 e. The van der Waals surface area contributed by atoms with E-state index in [1.807, 2.05) is 17.0 Å². The molecular weight excluding hydrogens is 306 g/mol. The largest absolute Gasteiger partial charge is 0.340 e. The lowest BCUT2D eigenvalue weighted by Crippen LogP contribution is -2.50. The second-order valence-electron chi connectivity index (χ2n) is 6.26. The molecule has 0 saturated carbocycles. The van der Waals surface area contributed by atoms with Crippen molar-refractivity contribution in [2.24, 2.45) is 0 Å². The van der Waals surface area contributed by atoms with Crippen LogP contribution < -0.4 is 0 Å². The van der Waals surface area contributed by atoms with Gasteiger partial charge in [0.2, 0.25) is 17.6 Å². The highest BCUT2D eigenvalue weighted by molar-refractivity contribution is 5.76. The molecule has 0 aromatic carbocycles. The number of aromatic nitrogens is 3. The molecule has 0 bridgehead atoms. The van der Waals surface area contributed by atoms with E-state index in [1.165, 1.54) is 0 Å². The van der Waals surface area contributed by atoms with Crippen molar-refractivity contribution in [3.63, 3.8) is 0 Å². The zero-order chi connectivity index (χ0) is 16.9. The molecule has 3 heterocycles. The number of amides is 1. The molecule has 1 amide bonds. The Morgan fingerprint density at radius 3 is 2.58 bits per heavy atom. The fourth-order valence-electron chi connectivity index (χ4n) is 2.83. The van der Waals surface area contributed by atoms with E-state index < -0.39 is 0 Å². The minimum atomic E-state index is 0.155. The molecule has 0 radical (unpaired) electrons. The number of nitrogens with zero attached hydrogens (tertiary/aromatic N) is 5. The monoisotopic (exact) mass is 329 g/mol. The Labute approximate surface area is 141 Å². The zero-order valence-electron chi connectivity index (χ0n) is 14.2. The lowest BCUT2D eigenvalue weighted by atomic mass is 10.2. The number of rotatable bonds is 5. The number of carbonyl (C=O) groups excluding carboxylic acids is 1. The highest BCUT2D eigenvalue weighted by Gasteiger charge is 2.22. The van der Waals surface area contributed by atoms with Crippen LogP contribution in [0.15, 0.2) is 29.0 Å². The molecule has 0 spiro atoms. The van der Waals surface area contributed by atoms with Crippen molar-refractivity contribution in [2.45, 2.75) is 32.7 Å². The predicted molar refractivity (Wildman–Crippen MR) is 89.1 cm³/mol. The molecular formula is C17H23N5O2. The summed E-state index contributed by atoms with van der Waals surface area (Å²) in [5.41, 5.74) is 0.858. The second kappa shape index (κ2) is 7.53. The van der Waals surface area contributed by atoms with Crippen molar-refractivity contribution in [2.75, 3.05) is 26.2 Å². The lowest BCUT2D eigenvalue weighted by molar-refractivity contribution is -0.133. The third-order valence-electron chi connectivity index (χ3n) is 4.36. The Morgan fingerprint density at radius 1 is 1.21 bits per heavy atom. The zero-order valence-corrected chi connectivity index (χ0v) is 14.2. The van der Waals surface area contributed by atoms with Gasteiger partial charge in [-0.25, -0.2) is 0 Å². The molecule has 0 N–H and O–H groups in total. The van der Waals surface area contributed by atoms with Gasteiger partial charge in [0.05, 0.1) is 0 Å². The van der Waals surface area contributed by atoms with Crippen molar-refractivity contribution in [3.8, 4) is 11.4 Å². The van der Waals surface area contributed by atoms with Crippen molar-refractivity contribution in [1.82, 2.24) is 24.9 Å². The first-order valence-electron chi connectivity index (χ1n) is 8.38. The maximum absolute atomic E-state index is 12.3. The molecule has 128 valence electrons. The summed E-state index contributed by atoms with van der Waals surface area (Å²) in [4.78, 5) is 25.0. The van der Waals surface area contributed by atoms with Crippen molar-refractivity contribution >= 4 is 5.91 Å². The summed E-state index contributed by atoms with van der Waals surface area (Å²) in [5.74, 6) is 1.18. The molecule has 1 fully saturated rings. The van der Waals surface area contributed by atoms with Gasteiger partial charge in [0.1, 0.15) is 0 Å². The Bertz CT molecular complexity index is 663. The summed E-state index contributed by atoms with van der Waals surface area (Å²) in [6.45, 7) is 7.85. The molecule has 1 saturated heterocycles. The first kappa shape index (κ1) is 16.6. The van der Waals surface area contributed by atoms with Crippen LogP contribution in [0.1, 0.15) is 26.2 Å². The standard InChI is InChI=1S/C17H23N5O2/c1-13(2)21-9-11-22(12-10-21)16(23)4-3-15-19-17(20-24-15)14-5-7-18-8-6-14/h5-8,13H,3-4,9-12H2,1-2H3. The lowest BCUT2D eigenvalue weighted by Gasteiger charge is -2.36. The van der Waals surface area contributed by atoms with Gasteiger partial charge in [0.15, 0.2) is 0 Å². The molecule has 0 aliphatic carbocycles. The van der Waals surface area contributed by atoms with E-state index in [0.29, 0.717) is 30.6 Å². The van der Waals surface area contributed by atoms with Crippen molar-refractivity contribution in [3.05, 3.63) is 30.4 Å². The average Bonchev–Trinajstić information content (AvgIpc) is 3.09. The Balaban J connectivity index is 1.50. The van der Waals surface area contributed by atoms with Gasteiger partial charge in [-0.3, -0.25) is 14.7 Å². The molecule has 1 aliphatic rings. The van der Waals surface area contributed by atoms with Crippen molar-refractivity contribution < 1.29 is 9.32 Å². The van der Waals surface area contributed by atoms with Crippen LogP contribution in [0, 0.1) is 0 Å². The van der Waals surface area contributed by atoms with Crippen LogP contribution >= 0.6 is 0 Å². The summed E-state index contributed by atoms with van der Waals surface area (Å²) in [6, 6.07) is 4.19. The SMILES string of the molecule is CC(C)N1CCN(C(=O)CCc2nc(-c3ccncc3)no2)CC1. The van der Waals surface area contributed by atoms with Crippen LogP contribution in [0.25, 0.3) is 11.4 Å². The Morgan fingerprint density at radius 2 is 1.92 bits per heavy atom. The van der Waals surface area contributed by atoms with E-state index in [1.54, 1.807) is 12.4 Å². The fourth-order valence-corrected chi connectivity index (χ4v) is 2.83. The van der Waals surface area contributed by atoms with Gasteiger partial charge < -0.3 is 9.42 Å². The van der Waals surface area contributed by atoms with E-state index >= 15 is 0 Å². The van der Waals surface area contributed by atoms with Crippen LogP contribution in [-0.4, -0.2) is 63.1 Å². The summed E-state index contributed by atoms with van der Waals surface area (Å²) in [5, 5.41) is 3.96. The van der Waals surface area contributed by atoms with E-state index in [2.05, 4.69) is 33.9 Å². The Hall–Kier alpha value is -2.28. The highest BCUT2D eigenvalue weighted by atomic mass is 16.5. The third-order valence-corrected chi connectivity index (χ3v) is 4.36. The first-order chi connectivity index (χ1) is 11.6. The van der Waals surface area contributed by atoms with Gasteiger partial charge in [-0.2, -0.15) is 4.98 Å². The summed E-state index contributed by atoms with van der Waals surface area (Å²) >= 11 is 0. The van der Waals surface area contributed by atoms with Gasteiger partial charge in [0.25, 0.3) is 0 Å². The summed E-state index contributed by atoms with van der Waals surface area (Å²) in [7, 11) is 0. The van der Waals surface area contributed by atoms with E-state index in [9.17, 15) is 4.79 Å². The third kappa shape index (κ3) is 3.97. The number of pyridine rings is 1. The maximum atomic E-state index is 12.3. The van der Waals surface area contributed by atoms with E-state index in [4.69, 9.17) is 4.52 Å². The van der Waals surface area contributed by atoms with Crippen LogP contribution in [0.3, 0.4) is 0 Å². The molecule has 7 heteroatoms. The van der Waals surface area contributed by atoms with Crippen LogP contribution in [0.2, 0.25) is 0 Å². The number of carbonyl (C=O) groups is 1. The molecule has 7 nitrogen and oxygen atoms in total. The molecule has 3 rings (SSSR count). The summed E-state index contributed by atoms with van der Waals surface area (Å²) < 4.78 is 5.24. The highest BCUT2D eigenvalue weighted by Crippen LogP contribution is 2.15. The van der Waals surface area contributed by atoms with Gasteiger partial charge in [-0.15, -0.1) is 0 Å². The minimum absolute atomic E-state index is 0.155. The number of piperazine rings is 1. The first-order valence-corrected chi connectivity index (χ1v) is 8.38. The van der Waals surface area contributed by atoms with E-state index in [0.717, 1.165) is 31.7 Å². The molecule has 0 unspecified atom stereocenters. The molecule has 1 aliphatic heterocycles. The normalized spacial score (nSPS) is 15.9. The number of hydrogen-bond donors (Lipinski definition) is 0. The smallest absolute Gasteiger partial charge is 0.227 e. The number of hydrogen-bond acceptors (Lipinski definition) is 6. The van der Waals surface area contributed by atoms with E-state index in [-0.39, 0.29) is 5.91 Å². The fraction of sp³-hybridized carbons (Fsp3) is 0.529. The summed E-state index contributed by atoms with van der Waals surface area (Å²) in [6.07, 6.45) is 4.25. The van der Waals surface area contributed by atoms with Crippen LogP contribution in [0.5, 0.6) is 0 Å².